The van der Waals surface area contributed by atoms with E-state index >= 15 is 0 Å². The molecule has 0 unspecified atom stereocenters. The summed E-state index contributed by atoms with van der Waals surface area (Å²) in [6.07, 6.45) is 3.63. The Kier molecular flexibility index (Phi) is 5.65. The zero-order valence-electron chi connectivity index (χ0n) is 13.6. The van der Waals surface area contributed by atoms with E-state index in [9.17, 15) is 0 Å². The molecule has 0 spiro atoms. The van der Waals surface area contributed by atoms with Crippen molar-refractivity contribution in [2.75, 3.05) is 6.61 Å². The summed E-state index contributed by atoms with van der Waals surface area (Å²) in [5, 5.41) is 4.04. The fourth-order valence-electron chi connectivity index (χ4n) is 2.45. The molecule has 0 atom stereocenters. The van der Waals surface area contributed by atoms with E-state index in [0.717, 1.165) is 37.2 Å². The zero-order valence-corrected chi connectivity index (χ0v) is 14.4. The number of nitrogens with zero attached hydrogens (tertiary/aromatic N) is 2. The molecule has 0 amide bonds. The van der Waals surface area contributed by atoms with Gasteiger partial charge in [0.05, 0.1) is 18.6 Å². The van der Waals surface area contributed by atoms with Crippen LogP contribution in [0.5, 0.6) is 5.75 Å². The lowest BCUT2D eigenvalue weighted by Crippen LogP contribution is -2.44. The molecule has 6 heteroatoms. The molecule has 1 aliphatic rings. The van der Waals surface area contributed by atoms with E-state index in [0.29, 0.717) is 24.1 Å². The minimum atomic E-state index is -0.365. The van der Waals surface area contributed by atoms with E-state index in [1.807, 2.05) is 24.3 Å². The number of ether oxygens (including phenoxy) is 1. The van der Waals surface area contributed by atoms with Crippen LogP contribution < -0.4 is 10.5 Å². The topological polar surface area (TPSA) is 74.2 Å². The van der Waals surface area contributed by atoms with Gasteiger partial charge in [0.2, 0.25) is 5.89 Å². The van der Waals surface area contributed by atoms with Gasteiger partial charge in [-0.1, -0.05) is 31.1 Å². The van der Waals surface area contributed by atoms with Gasteiger partial charge in [0.25, 0.3) is 0 Å². The lowest BCUT2D eigenvalue weighted by atomic mass is 9.77. The van der Waals surface area contributed by atoms with Gasteiger partial charge in [0, 0.05) is 0 Å². The van der Waals surface area contributed by atoms with Crippen molar-refractivity contribution in [3.63, 3.8) is 0 Å². The summed E-state index contributed by atoms with van der Waals surface area (Å²) in [6.45, 7) is 4.99. The first-order valence-corrected chi connectivity index (χ1v) is 7.89. The molecule has 0 saturated heterocycles. The van der Waals surface area contributed by atoms with E-state index in [2.05, 4.69) is 24.0 Å². The van der Waals surface area contributed by atoms with Crippen molar-refractivity contribution in [2.45, 2.75) is 45.1 Å². The number of nitrogens with two attached hydrogens (primary N) is 1. The molecule has 5 nitrogen and oxygen atoms in total. The SMILES string of the molecule is CC(C)COc1ccc(Cc2nc(C3(N)CCC3)no2)cc1.Cl. The third-order valence-corrected chi connectivity index (χ3v) is 4.02. The molecular weight excluding hydrogens is 314 g/mol. The smallest absolute Gasteiger partial charge is 0.231 e. The fourth-order valence-corrected chi connectivity index (χ4v) is 2.45. The fraction of sp³-hybridized carbons (Fsp3) is 0.529. The summed E-state index contributed by atoms with van der Waals surface area (Å²) in [4.78, 5) is 4.45. The second-order valence-corrected chi connectivity index (χ2v) is 6.55. The van der Waals surface area contributed by atoms with Crippen LogP contribution >= 0.6 is 12.4 Å². The van der Waals surface area contributed by atoms with Crippen LogP contribution in [0.2, 0.25) is 0 Å². The Hall–Kier alpha value is -1.59. The monoisotopic (exact) mass is 337 g/mol. The second-order valence-electron chi connectivity index (χ2n) is 6.55. The molecule has 0 radical (unpaired) electrons. The molecule has 1 aromatic carbocycles. The Morgan fingerprint density at radius 3 is 2.52 bits per heavy atom. The van der Waals surface area contributed by atoms with Gasteiger partial charge in [-0.25, -0.2) is 0 Å². The van der Waals surface area contributed by atoms with Gasteiger partial charge in [0.15, 0.2) is 5.82 Å². The van der Waals surface area contributed by atoms with Gasteiger partial charge < -0.3 is 15.0 Å². The van der Waals surface area contributed by atoms with Crippen LogP contribution in [0.3, 0.4) is 0 Å². The minimum Gasteiger partial charge on any atom is -0.493 e. The van der Waals surface area contributed by atoms with E-state index in [1.165, 1.54) is 0 Å². The van der Waals surface area contributed by atoms with E-state index in [4.69, 9.17) is 15.0 Å². The predicted octanol–water partition coefficient (Wildman–Crippen LogP) is 3.45. The number of halogens is 1. The van der Waals surface area contributed by atoms with Crippen molar-refractivity contribution in [1.82, 2.24) is 10.1 Å². The first kappa shape index (κ1) is 17.8. The highest BCUT2D eigenvalue weighted by Gasteiger charge is 2.38. The van der Waals surface area contributed by atoms with Gasteiger partial charge in [0.1, 0.15) is 5.75 Å². The minimum absolute atomic E-state index is 0. The standard InChI is InChI=1S/C17H23N3O2.ClH/c1-12(2)11-21-14-6-4-13(5-7-14)10-15-19-16(20-22-15)17(18)8-3-9-17;/h4-7,12H,3,8-11,18H2,1-2H3;1H. The predicted molar refractivity (Wildman–Crippen MR) is 90.8 cm³/mol. The molecule has 23 heavy (non-hydrogen) atoms. The summed E-state index contributed by atoms with van der Waals surface area (Å²) in [6, 6.07) is 8.01. The van der Waals surface area contributed by atoms with Gasteiger partial charge in [-0.15, -0.1) is 12.4 Å². The van der Waals surface area contributed by atoms with Crippen LogP contribution in [0.4, 0.5) is 0 Å². The number of aromatic nitrogens is 2. The highest BCUT2D eigenvalue weighted by atomic mass is 35.5. The second kappa shape index (κ2) is 7.32. The van der Waals surface area contributed by atoms with Crippen molar-refractivity contribution < 1.29 is 9.26 Å². The molecule has 1 aromatic heterocycles. The van der Waals surface area contributed by atoms with Crippen molar-refractivity contribution >= 4 is 12.4 Å². The maximum Gasteiger partial charge on any atom is 0.231 e. The Morgan fingerprint density at radius 1 is 1.26 bits per heavy atom. The lowest BCUT2D eigenvalue weighted by Gasteiger charge is -2.34. The Bertz CT molecular complexity index is 621. The van der Waals surface area contributed by atoms with Crippen LogP contribution in [0.25, 0.3) is 0 Å². The Morgan fingerprint density at radius 2 is 1.96 bits per heavy atom. The molecular formula is C17H24ClN3O2. The van der Waals surface area contributed by atoms with Crippen LogP contribution in [-0.4, -0.2) is 16.7 Å². The normalized spacial score (nSPS) is 15.8. The first-order chi connectivity index (χ1) is 10.5. The third kappa shape index (κ3) is 4.24. The van der Waals surface area contributed by atoms with Crippen LogP contribution in [-0.2, 0) is 12.0 Å². The van der Waals surface area contributed by atoms with Gasteiger partial charge in [-0.3, -0.25) is 0 Å². The summed E-state index contributed by atoms with van der Waals surface area (Å²) in [5.74, 6) is 2.67. The molecule has 1 aliphatic carbocycles. The van der Waals surface area contributed by atoms with Crippen LogP contribution in [0.1, 0.15) is 50.4 Å². The number of rotatable bonds is 6. The van der Waals surface area contributed by atoms with Crippen LogP contribution in [0, 0.1) is 5.92 Å². The number of hydrogen-bond acceptors (Lipinski definition) is 5. The summed E-state index contributed by atoms with van der Waals surface area (Å²) in [7, 11) is 0. The summed E-state index contributed by atoms with van der Waals surface area (Å²) >= 11 is 0. The van der Waals surface area contributed by atoms with Crippen LogP contribution in [0.15, 0.2) is 28.8 Å². The Balaban J connectivity index is 0.00000192. The largest absolute Gasteiger partial charge is 0.493 e. The molecule has 1 saturated carbocycles. The number of benzene rings is 1. The lowest BCUT2D eigenvalue weighted by molar-refractivity contribution is 0.229. The molecule has 2 N–H and O–H groups in total. The molecule has 0 aliphatic heterocycles. The first-order valence-electron chi connectivity index (χ1n) is 7.89. The molecule has 126 valence electrons. The quantitative estimate of drug-likeness (QED) is 0.873. The average molecular weight is 338 g/mol. The molecule has 2 aromatic rings. The zero-order chi connectivity index (χ0) is 15.6. The van der Waals surface area contributed by atoms with E-state index in [-0.39, 0.29) is 17.9 Å². The van der Waals surface area contributed by atoms with Gasteiger partial charge in [-0.05, 0) is 42.9 Å². The Labute approximate surface area is 143 Å². The van der Waals surface area contributed by atoms with Crippen molar-refractivity contribution in [2.24, 2.45) is 11.7 Å². The number of hydrogen-bond donors (Lipinski definition) is 1. The maximum absolute atomic E-state index is 6.21. The average Bonchev–Trinajstić information content (AvgIpc) is 2.93. The molecule has 1 fully saturated rings. The van der Waals surface area contributed by atoms with Crippen molar-refractivity contribution in [3.8, 4) is 5.75 Å². The highest BCUT2D eigenvalue weighted by molar-refractivity contribution is 5.85. The summed E-state index contributed by atoms with van der Waals surface area (Å²) < 4.78 is 11.0. The van der Waals surface area contributed by atoms with Gasteiger partial charge >= 0.3 is 0 Å². The third-order valence-electron chi connectivity index (χ3n) is 4.02. The van der Waals surface area contributed by atoms with Gasteiger partial charge in [-0.2, -0.15) is 4.98 Å². The summed E-state index contributed by atoms with van der Waals surface area (Å²) in [5.41, 5.74) is 6.96. The maximum atomic E-state index is 6.21. The van der Waals surface area contributed by atoms with Crippen molar-refractivity contribution in [3.05, 3.63) is 41.5 Å². The molecule has 3 rings (SSSR count). The van der Waals surface area contributed by atoms with Crippen molar-refractivity contribution in [1.29, 1.82) is 0 Å². The molecule has 0 bridgehead atoms. The highest BCUT2D eigenvalue weighted by Crippen LogP contribution is 2.36. The van der Waals surface area contributed by atoms with E-state index < -0.39 is 0 Å². The molecule has 1 heterocycles. The van der Waals surface area contributed by atoms with E-state index in [1.54, 1.807) is 0 Å².